The first-order chi connectivity index (χ1) is 12.5. The number of carbonyl (C=O) groups is 2. The lowest BCUT2D eigenvalue weighted by Crippen LogP contribution is -2.42. The Balaban J connectivity index is 1.90. The smallest absolute Gasteiger partial charge is 0.315 e. The Morgan fingerprint density at radius 1 is 0.962 bits per heavy atom. The second-order valence-electron chi connectivity index (χ2n) is 6.12. The van der Waals surface area contributed by atoms with Gasteiger partial charge in [-0.2, -0.15) is 0 Å². The van der Waals surface area contributed by atoms with Crippen molar-refractivity contribution in [3.63, 3.8) is 0 Å². The molecule has 138 valence electrons. The molecule has 0 spiro atoms. The molecule has 0 aliphatic rings. The Morgan fingerprint density at radius 3 is 2.31 bits per heavy atom. The molecule has 3 amide bonds. The minimum Gasteiger partial charge on any atom is -0.350 e. The molecular weight excluding hydrogens is 346 g/mol. The van der Waals surface area contributed by atoms with E-state index in [1.54, 1.807) is 17.8 Å². The van der Waals surface area contributed by atoms with Gasteiger partial charge in [0.1, 0.15) is 0 Å². The maximum Gasteiger partial charge on any atom is 0.315 e. The Kier molecular flexibility index (Phi) is 7.53. The summed E-state index contributed by atoms with van der Waals surface area (Å²) in [5.41, 5.74) is 2.67. The number of hydrogen-bond acceptors (Lipinski definition) is 3. The van der Waals surface area contributed by atoms with Crippen LogP contribution in [-0.4, -0.2) is 37.3 Å². The van der Waals surface area contributed by atoms with Crippen LogP contribution in [-0.2, 0) is 0 Å². The molecule has 3 N–H and O–H groups in total. The van der Waals surface area contributed by atoms with E-state index in [0.29, 0.717) is 18.7 Å². The lowest BCUT2D eigenvalue weighted by molar-refractivity contribution is 0.0954. The molecule has 0 unspecified atom stereocenters. The lowest BCUT2D eigenvalue weighted by atomic mass is 10.0. The van der Waals surface area contributed by atoms with E-state index >= 15 is 0 Å². The van der Waals surface area contributed by atoms with E-state index in [2.05, 4.69) is 40.2 Å². The molecule has 0 heterocycles. The maximum absolute atomic E-state index is 12.3. The van der Waals surface area contributed by atoms with Crippen molar-refractivity contribution >= 4 is 23.7 Å². The molecule has 26 heavy (non-hydrogen) atoms. The topological polar surface area (TPSA) is 70.2 Å². The molecule has 0 bridgehead atoms. The average Bonchev–Trinajstić information content (AvgIpc) is 2.64. The van der Waals surface area contributed by atoms with E-state index in [0.717, 1.165) is 11.1 Å². The second kappa shape index (κ2) is 9.87. The normalized spacial score (nSPS) is 10.5. The minimum absolute atomic E-state index is 0.0808. The highest BCUT2D eigenvalue weighted by molar-refractivity contribution is 7.98. The minimum atomic E-state index is -0.232. The van der Waals surface area contributed by atoms with Gasteiger partial charge in [-0.3, -0.25) is 4.79 Å². The summed E-state index contributed by atoms with van der Waals surface area (Å²) < 4.78 is 0. The van der Waals surface area contributed by atoms with Crippen molar-refractivity contribution in [2.75, 3.05) is 19.3 Å². The fourth-order valence-corrected chi connectivity index (χ4v) is 2.80. The van der Waals surface area contributed by atoms with Crippen molar-refractivity contribution in [1.82, 2.24) is 16.0 Å². The third-order valence-corrected chi connectivity index (χ3v) is 4.41. The number of nitrogens with one attached hydrogen (secondary N) is 3. The molecule has 2 rings (SSSR count). The predicted molar refractivity (Wildman–Crippen MR) is 108 cm³/mol. The first-order valence-electron chi connectivity index (χ1n) is 8.56. The zero-order valence-corrected chi connectivity index (χ0v) is 16.2. The molecule has 0 saturated carbocycles. The molecule has 0 aliphatic carbocycles. The van der Waals surface area contributed by atoms with Gasteiger partial charge in [0.25, 0.3) is 5.91 Å². The van der Waals surface area contributed by atoms with Crippen LogP contribution in [0.25, 0.3) is 11.1 Å². The van der Waals surface area contributed by atoms with Gasteiger partial charge in [0, 0.05) is 29.6 Å². The Labute approximate surface area is 159 Å². The predicted octanol–water partition coefficient (Wildman–Crippen LogP) is 3.51. The zero-order chi connectivity index (χ0) is 18.9. The van der Waals surface area contributed by atoms with E-state index in [9.17, 15) is 9.59 Å². The summed E-state index contributed by atoms with van der Waals surface area (Å²) in [5, 5.41) is 8.25. The molecule has 2 aromatic carbocycles. The van der Waals surface area contributed by atoms with Gasteiger partial charge in [-0.15, -0.1) is 11.8 Å². The van der Waals surface area contributed by atoms with E-state index in [1.165, 1.54) is 4.90 Å². The van der Waals surface area contributed by atoms with Gasteiger partial charge in [0.2, 0.25) is 0 Å². The zero-order valence-electron chi connectivity index (χ0n) is 15.3. The highest BCUT2D eigenvalue weighted by Crippen LogP contribution is 2.23. The second-order valence-corrected chi connectivity index (χ2v) is 7.00. The van der Waals surface area contributed by atoms with E-state index < -0.39 is 0 Å². The summed E-state index contributed by atoms with van der Waals surface area (Å²) in [6.07, 6.45) is 2.04. The molecule has 0 saturated heterocycles. The van der Waals surface area contributed by atoms with Crippen molar-refractivity contribution in [2.24, 2.45) is 0 Å². The van der Waals surface area contributed by atoms with Gasteiger partial charge in [0.15, 0.2) is 0 Å². The van der Waals surface area contributed by atoms with Crippen LogP contribution in [0.3, 0.4) is 0 Å². The van der Waals surface area contributed by atoms with Crippen LogP contribution in [0.15, 0.2) is 53.4 Å². The molecule has 5 nitrogen and oxygen atoms in total. The molecule has 0 aromatic heterocycles. The fraction of sp³-hybridized carbons (Fsp3) is 0.300. The van der Waals surface area contributed by atoms with E-state index in [-0.39, 0.29) is 18.0 Å². The molecule has 0 aliphatic heterocycles. The van der Waals surface area contributed by atoms with Crippen LogP contribution < -0.4 is 16.0 Å². The quantitative estimate of drug-likeness (QED) is 0.515. The van der Waals surface area contributed by atoms with Crippen LogP contribution in [0.1, 0.15) is 24.2 Å². The molecule has 2 aromatic rings. The van der Waals surface area contributed by atoms with Gasteiger partial charge >= 0.3 is 6.03 Å². The van der Waals surface area contributed by atoms with E-state index in [4.69, 9.17) is 0 Å². The van der Waals surface area contributed by atoms with Crippen molar-refractivity contribution in [3.8, 4) is 11.1 Å². The van der Waals surface area contributed by atoms with Gasteiger partial charge in [-0.1, -0.05) is 24.3 Å². The molecule has 0 radical (unpaired) electrons. The van der Waals surface area contributed by atoms with Crippen LogP contribution in [0, 0.1) is 0 Å². The summed E-state index contributed by atoms with van der Waals surface area (Å²) in [6.45, 7) is 4.53. The van der Waals surface area contributed by atoms with Gasteiger partial charge in [-0.05, 0) is 55.5 Å². The molecule has 6 heteroatoms. The Morgan fingerprint density at radius 2 is 1.65 bits per heavy atom. The Bertz CT molecular complexity index is 745. The number of hydrogen-bond donors (Lipinski definition) is 3. The standard InChI is InChI=1S/C20H25N3O2S/c1-14(2)23-20(25)22-12-11-21-19(24)17-6-4-5-16(13-17)15-7-9-18(26-3)10-8-15/h4-10,13-14H,11-12H2,1-3H3,(H,21,24)(H2,22,23,25). The highest BCUT2D eigenvalue weighted by atomic mass is 32.2. The summed E-state index contributed by atoms with van der Waals surface area (Å²) in [5.74, 6) is -0.154. The van der Waals surface area contributed by atoms with Gasteiger partial charge in [-0.25, -0.2) is 4.79 Å². The summed E-state index contributed by atoms with van der Waals surface area (Å²) >= 11 is 1.70. The summed E-state index contributed by atoms with van der Waals surface area (Å²) in [7, 11) is 0. The maximum atomic E-state index is 12.3. The number of rotatable bonds is 7. The summed E-state index contributed by atoms with van der Waals surface area (Å²) in [4.78, 5) is 25.0. The monoisotopic (exact) mass is 371 g/mol. The summed E-state index contributed by atoms with van der Waals surface area (Å²) in [6, 6.07) is 15.6. The lowest BCUT2D eigenvalue weighted by Gasteiger charge is -2.11. The van der Waals surface area contributed by atoms with Crippen molar-refractivity contribution in [2.45, 2.75) is 24.8 Å². The largest absolute Gasteiger partial charge is 0.350 e. The SMILES string of the molecule is CSc1ccc(-c2cccc(C(=O)NCCNC(=O)NC(C)C)c2)cc1. The molecule has 0 atom stereocenters. The number of urea groups is 1. The Hall–Kier alpha value is -2.47. The first kappa shape index (κ1) is 19.8. The van der Waals surface area contributed by atoms with Crippen LogP contribution in [0.5, 0.6) is 0 Å². The third-order valence-electron chi connectivity index (χ3n) is 3.66. The van der Waals surface area contributed by atoms with Crippen molar-refractivity contribution in [3.05, 3.63) is 54.1 Å². The number of thioether (sulfide) groups is 1. The van der Waals surface area contributed by atoms with E-state index in [1.807, 2.05) is 38.3 Å². The fourth-order valence-electron chi connectivity index (χ4n) is 2.39. The number of carbonyl (C=O) groups excluding carboxylic acids is 2. The third kappa shape index (κ3) is 6.11. The highest BCUT2D eigenvalue weighted by Gasteiger charge is 2.07. The first-order valence-corrected chi connectivity index (χ1v) is 9.79. The molecule has 0 fully saturated rings. The average molecular weight is 372 g/mol. The van der Waals surface area contributed by atoms with Gasteiger partial charge in [0.05, 0.1) is 0 Å². The van der Waals surface area contributed by atoms with Crippen LogP contribution in [0.2, 0.25) is 0 Å². The van der Waals surface area contributed by atoms with Crippen LogP contribution >= 0.6 is 11.8 Å². The molecular formula is C20H25N3O2S. The van der Waals surface area contributed by atoms with Crippen LogP contribution in [0.4, 0.5) is 4.79 Å². The van der Waals surface area contributed by atoms with Gasteiger partial charge < -0.3 is 16.0 Å². The number of amides is 3. The van der Waals surface area contributed by atoms with Crippen molar-refractivity contribution in [1.29, 1.82) is 0 Å². The van der Waals surface area contributed by atoms with Crippen molar-refractivity contribution < 1.29 is 9.59 Å². The number of benzene rings is 2.